The number of nitrogens with one attached hydrogen (secondary N) is 1. The number of aryl methyl sites for hydroxylation is 1. The summed E-state index contributed by atoms with van der Waals surface area (Å²) in [5.41, 5.74) is 2.55. The Morgan fingerprint density at radius 3 is 2.55 bits per heavy atom. The third kappa shape index (κ3) is 2.70. The first kappa shape index (κ1) is 14.6. The number of rotatable bonds is 3. The van der Waals surface area contributed by atoms with Gasteiger partial charge in [-0.25, -0.2) is 4.98 Å². The monoisotopic (exact) mass is 313 g/mol. The number of carbonyl (C=O) groups is 1. The summed E-state index contributed by atoms with van der Waals surface area (Å²) in [5, 5.41) is 3.58. The molecule has 0 radical (unpaired) electrons. The third-order valence-electron chi connectivity index (χ3n) is 3.66. The number of hydrogen-bond acceptors (Lipinski definition) is 2. The summed E-state index contributed by atoms with van der Waals surface area (Å²) in [5.74, 6) is 0.680. The van der Waals surface area contributed by atoms with E-state index >= 15 is 0 Å². The van der Waals surface area contributed by atoms with E-state index < -0.39 is 0 Å². The van der Waals surface area contributed by atoms with Gasteiger partial charge in [0.05, 0.1) is 17.1 Å². The Morgan fingerprint density at radius 1 is 1.18 bits per heavy atom. The topological polar surface area (TPSA) is 46.9 Å². The van der Waals surface area contributed by atoms with Gasteiger partial charge in [0.25, 0.3) is 5.91 Å². The lowest BCUT2D eigenvalue weighted by Gasteiger charge is -2.14. The summed E-state index contributed by atoms with van der Waals surface area (Å²) >= 11 is 5.84. The summed E-state index contributed by atoms with van der Waals surface area (Å²) < 4.78 is 2.00. The van der Waals surface area contributed by atoms with Crippen LogP contribution in [0.15, 0.2) is 48.5 Å². The van der Waals surface area contributed by atoms with Crippen LogP contribution in [-0.4, -0.2) is 15.5 Å². The highest BCUT2D eigenvalue weighted by molar-refractivity contribution is 6.30. The summed E-state index contributed by atoms with van der Waals surface area (Å²) in [6, 6.07) is 14.5. The number of fused-ring (bicyclic) bond motifs is 1. The molecule has 5 heteroatoms. The Kier molecular flexibility index (Phi) is 3.86. The molecule has 1 atom stereocenters. The van der Waals surface area contributed by atoms with Gasteiger partial charge in [0.2, 0.25) is 0 Å². The zero-order chi connectivity index (χ0) is 15.7. The Hall–Kier alpha value is -2.33. The molecule has 1 amide bonds. The zero-order valence-corrected chi connectivity index (χ0v) is 13.1. The fraction of sp³-hybridized carbons (Fsp3) is 0.176. The SMILES string of the molecule is CC(NC(=O)c1ccc(Cl)cc1)c1nc2ccccc2n1C. The predicted octanol–water partition coefficient (Wildman–Crippen LogP) is 3.72. The van der Waals surface area contributed by atoms with Gasteiger partial charge in [0, 0.05) is 17.6 Å². The Morgan fingerprint density at radius 2 is 1.86 bits per heavy atom. The van der Waals surface area contributed by atoms with Gasteiger partial charge >= 0.3 is 0 Å². The van der Waals surface area contributed by atoms with Gasteiger partial charge in [0.15, 0.2) is 0 Å². The van der Waals surface area contributed by atoms with E-state index in [1.54, 1.807) is 24.3 Å². The minimum Gasteiger partial charge on any atom is -0.342 e. The van der Waals surface area contributed by atoms with E-state index in [1.807, 2.05) is 42.8 Å². The predicted molar refractivity (Wildman–Crippen MR) is 88.0 cm³/mol. The maximum atomic E-state index is 12.3. The average Bonchev–Trinajstić information content (AvgIpc) is 2.85. The van der Waals surface area contributed by atoms with Crippen molar-refractivity contribution < 1.29 is 4.79 Å². The van der Waals surface area contributed by atoms with Crippen molar-refractivity contribution in [2.75, 3.05) is 0 Å². The molecule has 112 valence electrons. The van der Waals surface area contributed by atoms with E-state index in [9.17, 15) is 4.79 Å². The summed E-state index contributed by atoms with van der Waals surface area (Å²) in [6.07, 6.45) is 0. The minimum atomic E-state index is -0.194. The molecule has 1 heterocycles. The smallest absolute Gasteiger partial charge is 0.251 e. The quantitative estimate of drug-likeness (QED) is 0.801. The van der Waals surface area contributed by atoms with Crippen LogP contribution in [0.4, 0.5) is 0 Å². The van der Waals surface area contributed by atoms with Crippen LogP contribution in [-0.2, 0) is 7.05 Å². The second-order valence-corrected chi connectivity index (χ2v) is 5.66. The second kappa shape index (κ2) is 5.81. The van der Waals surface area contributed by atoms with Crippen molar-refractivity contribution in [2.45, 2.75) is 13.0 Å². The normalized spacial score (nSPS) is 12.3. The number of nitrogens with zero attached hydrogens (tertiary/aromatic N) is 2. The summed E-state index contributed by atoms with van der Waals surface area (Å²) in [6.45, 7) is 1.93. The fourth-order valence-corrected chi connectivity index (χ4v) is 2.62. The lowest BCUT2D eigenvalue weighted by molar-refractivity contribution is 0.0938. The third-order valence-corrected chi connectivity index (χ3v) is 3.92. The number of aromatic nitrogens is 2. The molecule has 0 saturated heterocycles. The highest BCUT2D eigenvalue weighted by Crippen LogP contribution is 2.19. The molecular formula is C17H16ClN3O. The Balaban J connectivity index is 1.83. The lowest BCUT2D eigenvalue weighted by Crippen LogP contribution is -2.28. The summed E-state index contributed by atoms with van der Waals surface area (Å²) in [7, 11) is 1.95. The molecule has 1 aromatic heterocycles. The van der Waals surface area contributed by atoms with Gasteiger partial charge in [-0.05, 0) is 43.3 Å². The maximum absolute atomic E-state index is 12.3. The number of para-hydroxylation sites is 2. The van der Waals surface area contributed by atoms with Crippen molar-refractivity contribution in [3.05, 3.63) is 64.9 Å². The standard InChI is InChI=1S/C17H16ClN3O/c1-11(19-17(22)12-7-9-13(18)10-8-12)16-20-14-5-3-4-6-15(14)21(16)2/h3-11H,1-2H3,(H,19,22). The molecule has 0 spiro atoms. The fourth-order valence-electron chi connectivity index (χ4n) is 2.50. The molecule has 0 saturated carbocycles. The maximum Gasteiger partial charge on any atom is 0.251 e. The summed E-state index contributed by atoms with van der Waals surface area (Å²) in [4.78, 5) is 16.9. The first-order chi connectivity index (χ1) is 10.6. The molecule has 0 aliphatic carbocycles. The number of imidazole rings is 1. The van der Waals surface area contributed by atoms with Crippen LogP contribution >= 0.6 is 11.6 Å². The van der Waals surface area contributed by atoms with Gasteiger partial charge in [-0.1, -0.05) is 23.7 Å². The lowest BCUT2D eigenvalue weighted by atomic mass is 10.2. The van der Waals surface area contributed by atoms with Crippen LogP contribution in [0.3, 0.4) is 0 Å². The van der Waals surface area contributed by atoms with Crippen molar-refractivity contribution in [3.8, 4) is 0 Å². The number of halogens is 1. The van der Waals surface area contributed by atoms with Crippen molar-refractivity contribution >= 4 is 28.5 Å². The molecular weight excluding hydrogens is 298 g/mol. The number of carbonyl (C=O) groups excluding carboxylic acids is 1. The van der Waals surface area contributed by atoms with E-state index in [4.69, 9.17) is 11.6 Å². The zero-order valence-electron chi connectivity index (χ0n) is 12.4. The molecule has 1 unspecified atom stereocenters. The molecule has 0 bridgehead atoms. The van der Waals surface area contributed by atoms with Crippen molar-refractivity contribution in [1.82, 2.24) is 14.9 Å². The van der Waals surface area contributed by atoms with Crippen LogP contribution in [0.2, 0.25) is 5.02 Å². The van der Waals surface area contributed by atoms with Gasteiger partial charge in [-0.2, -0.15) is 0 Å². The molecule has 0 fully saturated rings. The van der Waals surface area contributed by atoms with Crippen molar-refractivity contribution in [2.24, 2.45) is 7.05 Å². The molecule has 3 aromatic rings. The van der Waals surface area contributed by atoms with Gasteiger partial charge in [-0.3, -0.25) is 4.79 Å². The van der Waals surface area contributed by atoms with E-state index in [-0.39, 0.29) is 11.9 Å². The van der Waals surface area contributed by atoms with E-state index in [1.165, 1.54) is 0 Å². The van der Waals surface area contributed by atoms with Gasteiger partial charge in [-0.15, -0.1) is 0 Å². The first-order valence-corrected chi connectivity index (χ1v) is 7.42. The van der Waals surface area contributed by atoms with Crippen LogP contribution in [0, 0.1) is 0 Å². The Bertz CT molecular complexity index is 824. The van der Waals surface area contributed by atoms with Crippen LogP contribution in [0.5, 0.6) is 0 Å². The van der Waals surface area contributed by atoms with Gasteiger partial charge in [0.1, 0.15) is 5.82 Å². The Labute approximate surface area is 133 Å². The molecule has 4 nitrogen and oxygen atoms in total. The van der Waals surface area contributed by atoms with Crippen LogP contribution < -0.4 is 5.32 Å². The molecule has 1 N–H and O–H groups in total. The number of benzene rings is 2. The van der Waals surface area contributed by atoms with Crippen LogP contribution in [0.1, 0.15) is 29.1 Å². The molecule has 3 rings (SSSR count). The van der Waals surface area contributed by atoms with Crippen molar-refractivity contribution in [1.29, 1.82) is 0 Å². The highest BCUT2D eigenvalue weighted by atomic mass is 35.5. The minimum absolute atomic E-state index is 0.142. The van der Waals surface area contributed by atoms with E-state index in [0.717, 1.165) is 16.9 Å². The first-order valence-electron chi connectivity index (χ1n) is 7.04. The van der Waals surface area contributed by atoms with E-state index in [2.05, 4.69) is 10.3 Å². The van der Waals surface area contributed by atoms with E-state index in [0.29, 0.717) is 10.6 Å². The largest absolute Gasteiger partial charge is 0.342 e. The van der Waals surface area contributed by atoms with Crippen molar-refractivity contribution in [3.63, 3.8) is 0 Å². The second-order valence-electron chi connectivity index (χ2n) is 5.22. The van der Waals surface area contributed by atoms with Crippen LogP contribution in [0.25, 0.3) is 11.0 Å². The molecule has 0 aliphatic rings. The highest BCUT2D eigenvalue weighted by Gasteiger charge is 2.17. The molecule has 22 heavy (non-hydrogen) atoms. The number of amides is 1. The number of hydrogen-bond donors (Lipinski definition) is 1. The molecule has 0 aliphatic heterocycles. The van der Waals surface area contributed by atoms with Gasteiger partial charge < -0.3 is 9.88 Å². The molecule has 2 aromatic carbocycles. The average molecular weight is 314 g/mol.